The van der Waals surface area contributed by atoms with Crippen molar-refractivity contribution in [1.82, 2.24) is 4.57 Å². The molecule has 60 heavy (non-hydrogen) atoms. The maximum atomic E-state index is 2.45. The highest BCUT2D eigenvalue weighted by Crippen LogP contribution is 2.59. The molecule has 0 saturated heterocycles. The zero-order valence-corrected chi connectivity index (χ0v) is 32.9. The lowest BCUT2D eigenvalue weighted by atomic mass is 9.97. The van der Waals surface area contributed by atoms with E-state index in [0.717, 1.165) is 79.0 Å². The number of aromatic nitrogens is 1. The van der Waals surface area contributed by atoms with Crippen molar-refractivity contribution >= 4 is 62.2 Å². The van der Waals surface area contributed by atoms with Gasteiger partial charge < -0.3 is 9.80 Å². The van der Waals surface area contributed by atoms with Crippen LogP contribution in [0.2, 0.25) is 0 Å². The van der Waals surface area contributed by atoms with E-state index in [1.54, 1.807) is 0 Å². The summed E-state index contributed by atoms with van der Waals surface area (Å²) in [6.45, 7) is 0. The minimum Gasteiger partial charge on any atom is -0.310 e. The molecule has 4 heteroatoms. The molecule has 0 N–H and O–H groups in total. The molecular formula is C56H40N4. The van der Waals surface area contributed by atoms with Gasteiger partial charge in [-0.15, -0.1) is 0 Å². The SMILES string of the molecule is c1ccc(-c2cc(-c3ccccc3)cc(N(c3ccccc3)c3ccc4c(c3)c3c(n4-c4ccccc4)N(c4ccccc4)c4ccccc4N3c3ccccc3)c2)cc1. The first-order chi connectivity index (χ1) is 29.8. The third kappa shape index (κ3) is 6.10. The Balaban J connectivity index is 1.23. The Labute approximate surface area is 350 Å². The average molecular weight is 769 g/mol. The summed E-state index contributed by atoms with van der Waals surface area (Å²) in [5.41, 5.74) is 15.6. The number of fused-ring (bicyclic) bond motifs is 4. The summed E-state index contributed by atoms with van der Waals surface area (Å²) < 4.78 is 2.43. The van der Waals surface area contributed by atoms with Crippen LogP contribution in [0.1, 0.15) is 0 Å². The summed E-state index contributed by atoms with van der Waals surface area (Å²) in [7, 11) is 0. The first-order valence-electron chi connectivity index (χ1n) is 20.4. The van der Waals surface area contributed by atoms with Gasteiger partial charge in [-0.25, -0.2) is 0 Å². The highest BCUT2D eigenvalue weighted by molar-refractivity contribution is 6.14. The zero-order chi connectivity index (χ0) is 39.8. The van der Waals surface area contributed by atoms with Gasteiger partial charge in [0.1, 0.15) is 5.82 Å². The molecule has 0 amide bonds. The van der Waals surface area contributed by atoms with Gasteiger partial charge in [0.25, 0.3) is 0 Å². The second-order valence-corrected chi connectivity index (χ2v) is 15.0. The fraction of sp³-hybridized carbons (Fsp3) is 0. The van der Waals surface area contributed by atoms with Gasteiger partial charge in [-0.2, -0.15) is 0 Å². The summed E-state index contributed by atoms with van der Waals surface area (Å²) in [5, 5.41) is 1.13. The van der Waals surface area contributed by atoms with Crippen LogP contribution in [0, 0.1) is 0 Å². The van der Waals surface area contributed by atoms with E-state index in [1.807, 2.05) is 0 Å². The van der Waals surface area contributed by atoms with Crippen molar-refractivity contribution in [2.45, 2.75) is 0 Å². The minimum atomic E-state index is 1.06. The molecule has 10 aromatic rings. The molecule has 0 fully saturated rings. The van der Waals surface area contributed by atoms with E-state index in [1.165, 1.54) is 11.1 Å². The van der Waals surface area contributed by atoms with E-state index < -0.39 is 0 Å². The quantitative estimate of drug-likeness (QED) is 0.153. The molecule has 1 aliphatic heterocycles. The van der Waals surface area contributed by atoms with Crippen LogP contribution < -0.4 is 14.7 Å². The Morgan fingerprint density at radius 3 is 1.30 bits per heavy atom. The normalized spacial score (nSPS) is 11.9. The van der Waals surface area contributed by atoms with E-state index in [4.69, 9.17) is 0 Å². The Bertz CT molecular complexity index is 3020. The van der Waals surface area contributed by atoms with Gasteiger partial charge >= 0.3 is 0 Å². The smallest absolute Gasteiger partial charge is 0.148 e. The van der Waals surface area contributed by atoms with Crippen LogP contribution in [-0.4, -0.2) is 4.57 Å². The van der Waals surface area contributed by atoms with Crippen molar-refractivity contribution in [3.05, 3.63) is 243 Å². The summed E-state index contributed by atoms with van der Waals surface area (Å²) in [6, 6.07) is 87.1. The molecule has 1 aromatic heterocycles. The number of hydrogen-bond donors (Lipinski definition) is 0. The third-order valence-electron chi connectivity index (χ3n) is 11.4. The molecule has 9 aromatic carbocycles. The molecule has 0 spiro atoms. The molecule has 0 aliphatic carbocycles. The summed E-state index contributed by atoms with van der Waals surface area (Å²) >= 11 is 0. The molecule has 0 bridgehead atoms. The molecule has 284 valence electrons. The second kappa shape index (κ2) is 15.0. The molecule has 1 aliphatic rings. The van der Waals surface area contributed by atoms with Crippen LogP contribution in [0.25, 0.3) is 38.8 Å². The Hall–Kier alpha value is -8.08. The van der Waals surface area contributed by atoms with Crippen LogP contribution in [-0.2, 0) is 0 Å². The Kier molecular flexibility index (Phi) is 8.79. The van der Waals surface area contributed by atoms with Gasteiger partial charge in [0.05, 0.1) is 22.6 Å². The fourth-order valence-electron chi connectivity index (χ4n) is 8.77. The highest BCUT2D eigenvalue weighted by Gasteiger charge is 2.36. The van der Waals surface area contributed by atoms with Gasteiger partial charge in [0.15, 0.2) is 0 Å². The van der Waals surface area contributed by atoms with Gasteiger partial charge in [-0.3, -0.25) is 9.47 Å². The lowest BCUT2D eigenvalue weighted by molar-refractivity contribution is 1.05. The van der Waals surface area contributed by atoms with Crippen LogP contribution in [0.15, 0.2) is 243 Å². The molecule has 0 saturated carbocycles. The van der Waals surface area contributed by atoms with E-state index in [9.17, 15) is 0 Å². The number of nitrogens with zero attached hydrogens (tertiary/aromatic N) is 4. The minimum absolute atomic E-state index is 1.06. The maximum Gasteiger partial charge on any atom is 0.148 e. The molecule has 2 heterocycles. The molecule has 0 atom stereocenters. The predicted octanol–water partition coefficient (Wildman–Crippen LogP) is 15.7. The van der Waals surface area contributed by atoms with Crippen molar-refractivity contribution in [1.29, 1.82) is 0 Å². The van der Waals surface area contributed by atoms with E-state index in [0.29, 0.717) is 0 Å². The first kappa shape index (κ1) is 35.1. The number of anilines is 9. The number of hydrogen-bond acceptors (Lipinski definition) is 3. The van der Waals surface area contributed by atoms with Gasteiger partial charge in [0.2, 0.25) is 0 Å². The number of benzene rings is 9. The lowest BCUT2D eigenvalue weighted by Crippen LogP contribution is -2.25. The van der Waals surface area contributed by atoms with Crippen LogP contribution >= 0.6 is 0 Å². The van der Waals surface area contributed by atoms with Crippen LogP contribution in [0.4, 0.5) is 51.3 Å². The molecule has 0 radical (unpaired) electrons. The van der Waals surface area contributed by atoms with Crippen molar-refractivity contribution in [2.24, 2.45) is 0 Å². The standard InChI is InChI=1S/C56H40N4/c1-7-21-41(22-8-1)43-37-44(42-23-9-2-10-24-42)39-50(38-43)57(45-25-11-3-12-26-45)49-35-36-52-51(40-49)55-56(59(52)47-29-15-5-16-30-47)60(48-31-17-6-18-32-48)54-34-20-19-33-53(54)58(55)46-27-13-4-14-28-46/h1-40H. The highest BCUT2D eigenvalue weighted by atomic mass is 15.3. The van der Waals surface area contributed by atoms with Crippen LogP contribution in [0.5, 0.6) is 0 Å². The largest absolute Gasteiger partial charge is 0.310 e. The fourth-order valence-corrected chi connectivity index (χ4v) is 8.77. The number of rotatable bonds is 8. The van der Waals surface area contributed by atoms with Crippen molar-refractivity contribution in [3.8, 4) is 27.9 Å². The molecular weight excluding hydrogens is 729 g/mol. The van der Waals surface area contributed by atoms with Gasteiger partial charge in [0, 0.05) is 39.5 Å². The number of para-hydroxylation sites is 6. The van der Waals surface area contributed by atoms with Crippen molar-refractivity contribution in [3.63, 3.8) is 0 Å². The van der Waals surface area contributed by atoms with Gasteiger partial charge in [-0.05, 0) is 119 Å². The molecule has 11 rings (SSSR count). The predicted molar refractivity (Wildman–Crippen MR) is 252 cm³/mol. The molecule has 4 nitrogen and oxygen atoms in total. The van der Waals surface area contributed by atoms with Crippen molar-refractivity contribution < 1.29 is 0 Å². The molecule has 0 unspecified atom stereocenters. The summed E-state index contributed by atoms with van der Waals surface area (Å²) in [6.07, 6.45) is 0. The topological polar surface area (TPSA) is 14.7 Å². The second-order valence-electron chi connectivity index (χ2n) is 15.0. The summed E-state index contributed by atoms with van der Waals surface area (Å²) in [5.74, 6) is 1.07. The lowest BCUT2D eigenvalue weighted by Gasteiger charge is -2.39. The monoisotopic (exact) mass is 768 g/mol. The Morgan fingerprint density at radius 1 is 0.300 bits per heavy atom. The maximum absolute atomic E-state index is 2.45. The summed E-state index contributed by atoms with van der Waals surface area (Å²) in [4.78, 5) is 7.29. The van der Waals surface area contributed by atoms with E-state index in [-0.39, 0.29) is 0 Å². The first-order valence-corrected chi connectivity index (χ1v) is 20.4. The third-order valence-corrected chi connectivity index (χ3v) is 11.4. The van der Waals surface area contributed by atoms with Crippen LogP contribution in [0.3, 0.4) is 0 Å². The van der Waals surface area contributed by atoms with Gasteiger partial charge in [-0.1, -0.05) is 146 Å². The van der Waals surface area contributed by atoms with E-state index >= 15 is 0 Å². The van der Waals surface area contributed by atoms with E-state index in [2.05, 4.69) is 262 Å². The average Bonchev–Trinajstić information content (AvgIpc) is 3.66. The zero-order valence-electron chi connectivity index (χ0n) is 32.9. The Morgan fingerprint density at radius 2 is 0.750 bits per heavy atom. The van der Waals surface area contributed by atoms with Crippen molar-refractivity contribution in [2.75, 3.05) is 14.7 Å².